The topological polar surface area (TPSA) is 68.5 Å². The standard InChI is InChI=1S/C21H20ClNO4/c1-4-14-10-20(24)27-19-11-15(8-9-16(14)19)26-13(3)21(25)23-18-7-5-6-17(22)12(18)2/h5-11,13H,4H2,1-3H3,(H,23,25). The number of ether oxygens (including phenoxy) is 1. The second-order valence-electron chi connectivity index (χ2n) is 6.26. The van der Waals surface area contributed by atoms with E-state index in [-0.39, 0.29) is 5.91 Å². The third-order valence-corrected chi connectivity index (χ3v) is 4.80. The third-order valence-electron chi connectivity index (χ3n) is 4.39. The first kappa shape index (κ1) is 19.0. The van der Waals surface area contributed by atoms with E-state index < -0.39 is 11.7 Å². The number of hydrogen-bond acceptors (Lipinski definition) is 4. The lowest BCUT2D eigenvalue weighted by Gasteiger charge is -2.16. The predicted octanol–water partition coefficient (Wildman–Crippen LogP) is 4.72. The van der Waals surface area contributed by atoms with Crippen molar-refractivity contribution < 1.29 is 13.9 Å². The van der Waals surface area contributed by atoms with Crippen molar-refractivity contribution in [3.05, 3.63) is 69.0 Å². The maximum Gasteiger partial charge on any atom is 0.336 e. The van der Waals surface area contributed by atoms with Crippen LogP contribution in [0.2, 0.25) is 5.02 Å². The molecule has 6 heteroatoms. The van der Waals surface area contributed by atoms with Gasteiger partial charge in [0, 0.05) is 28.2 Å². The molecule has 0 aliphatic heterocycles. The number of benzene rings is 2. The minimum atomic E-state index is -0.748. The number of hydrogen-bond donors (Lipinski definition) is 1. The van der Waals surface area contributed by atoms with Gasteiger partial charge in [0.05, 0.1) is 0 Å². The van der Waals surface area contributed by atoms with Gasteiger partial charge in [-0.3, -0.25) is 4.79 Å². The van der Waals surface area contributed by atoms with Gasteiger partial charge < -0.3 is 14.5 Å². The van der Waals surface area contributed by atoms with E-state index in [0.29, 0.717) is 22.0 Å². The molecular weight excluding hydrogens is 366 g/mol. The molecule has 0 saturated heterocycles. The van der Waals surface area contributed by atoms with E-state index in [9.17, 15) is 9.59 Å². The fraction of sp³-hybridized carbons (Fsp3) is 0.238. The average Bonchev–Trinajstić information content (AvgIpc) is 2.64. The van der Waals surface area contributed by atoms with Gasteiger partial charge >= 0.3 is 5.63 Å². The van der Waals surface area contributed by atoms with Crippen molar-refractivity contribution >= 4 is 34.2 Å². The van der Waals surface area contributed by atoms with Crippen LogP contribution in [0.3, 0.4) is 0 Å². The molecule has 1 N–H and O–H groups in total. The number of carbonyl (C=O) groups is 1. The van der Waals surface area contributed by atoms with Gasteiger partial charge in [0.25, 0.3) is 5.91 Å². The quantitative estimate of drug-likeness (QED) is 0.645. The van der Waals surface area contributed by atoms with E-state index in [1.807, 2.05) is 19.9 Å². The average molecular weight is 386 g/mol. The maximum atomic E-state index is 12.4. The van der Waals surface area contributed by atoms with Crippen molar-refractivity contribution in [1.82, 2.24) is 0 Å². The van der Waals surface area contributed by atoms with Crippen LogP contribution in [0.4, 0.5) is 5.69 Å². The molecule has 0 spiro atoms. The molecule has 27 heavy (non-hydrogen) atoms. The van der Waals surface area contributed by atoms with Crippen molar-refractivity contribution in [2.24, 2.45) is 0 Å². The van der Waals surface area contributed by atoms with Gasteiger partial charge in [-0.2, -0.15) is 0 Å². The molecule has 2 aromatic carbocycles. The molecule has 1 aromatic heterocycles. The summed E-state index contributed by atoms with van der Waals surface area (Å²) < 4.78 is 11.0. The van der Waals surface area contributed by atoms with Gasteiger partial charge in [-0.25, -0.2) is 4.79 Å². The van der Waals surface area contributed by atoms with E-state index in [1.165, 1.54) is 6.07 Å². The summed E-state index contributed by atoms with van der Waals surface area (Å²) in [7, 11) is 0. The Labute approximate surface area is 161 Å². The molecule has 5 nitrogen and oxygen atoms in total. The number of nitrogens with one attached hydrogen (secondary N) is 1. The number of fused-ring (bicyclic) bond motifs is 1. The minimum absolute atomic E-state index is 0.302. The van der Waals surface area contributed by atoms with Crippen molar-refractivity contribution in [2.45, 2.75) is 33.3 Å². The smallest absolute Gasteiger partial charge is 0.336 e. The number of amides is 1. The first-order valence-corrected chi connectivity index (χ1v) is 9.06. The monoisotopic (exact) mass is 385 g/mol. The fourth-order valence-corrected chi connectivity index (χ4v) is 2.99. The Morgan fingerprint density at radius 1 is 1.26 bits per heavy atom. The summed E-state index contributed by atoms with van der Waals surface area (Å²) in [5.41, 5.74) is 2.38. The minimum Gasteiger partial charge on any atom is -0.481 e. The summed E-state index contributed by atoms with van der Waals surface area (Å²) in [6.45, 7) is 5.46. The number of rotatable bonds is 5. The van der Waals surface area contributed by atoms with Crippen LogP contribution in [0.25, 0.3) is 11.0 Å². The van der Waals surface area contributed by atoms with Crippen molar-refractivity contribution in [1.29, 1.82) is 0 Å². The van der Waals surface area contributed by atoms with E-state index in [0.717, 1.165) is 22.9 Å². The maximum absolute atomic E-state index is 12.4. The second-order valence-corrected chi connectivity index (χ2v) is 6.67. The summed E-state index contributed by atoms with van der Waals surface area (Å²) >= 11 is 6.08. The highest BCUT2D eigenvalue weighted by Crippen LogP contribution is 2.25. The molecule has 3 rings (SSSR count). The van der Waals surface area contributed by atoms with Gasteiger partial charge in [-0.15, -0.1) is 0 Å². The molecule has 140 valence electrons. The summed E-state index contributed by atoms with van der Waals surface area (Å²) in [6, 6.07) is 12.0. The summed E-state index contributed by atoms with van der Waals surface area (Å²) in [5.74, 6) is 0.147. The highest BCUT2D eigenvalue weighted by atomic mass is 35.5. The number of carbonyl (C=O) groups excluding carboxylic acids is 1. The van der Waals surface area contributed by atoms with Crippen molar-refractivity contribution in [3.8, 4) is 5.75 Å². The van der Waals surface area contributed by atoms with Gasteiger partial charge in [-0.05, 0) is 55.7 Å². The predicted molar refractivity (Wildman–Crippen MR) is 107 cm³/mol. The summed E-state index contributed by atoms with van der Waals surface area (Å²) in [5, 5.41) is 4.25. The molecule has 0 fully saturated rings. The molecule has 0 aliphatic carbocycles. The Bertz CT molecular complexity index is 1060. The highest BCUT2D eigenvalue weighted by Gasteiger charge is 2.17. The lowest BCUT2D eigenvalue weighted by Crippen LogP contribution is -2.30. The number of aryl methyl sites for hydroxylation is 1. The Kier molecular flexibility index (Phi) is 5.51. The van der Waals surface area contributed by atoms with E-state index in [1.54, 1.807) is 37.3 Å². The molecule has 3 aromatic rings. The van der Waals surface area contributed by atoms with Crippen LogP contribution in [0, 0.1) is 6.92 Å². The zero-order valence-corrected chi connectivity index (χ0v) is 16.1. The highest BCUT2D eigenvalue weighted by molar-refractivity contribution is 6.31. The second kappa shape index (κ2) is 7.84. The van der Waals surface area contributed by atoms with Crippen LogP contribution in [-0.4, -0.2) is 12.0 Å². The number of anilines is 1. The Balaban J connectivity index is 1.79. The Hall–Kier alpha value is -2.79. The van der Waals surface area contributed by atoms with Crippen LogP contribution in [-0.2, 0) is 11.2 Å². The molecule has 0 saturated carbocycles. The van der Waals surface area contributed by atoms with Crippen LogP contribution >= 0.6 is 11.6 Å². The molecule has 0 radical (unpaired) electrons. The van der Waals surface area contributed by atoms with Crippen molar-refractivity contribution in [3.63, 3.8) is 0 Å². The van der Waals surface area contributed by atoms with Crippen LogP contribution in [0.15, 0.2) is 51.7 Å². The molecule has 0 bridgehead atoms. The Morgan fingerprint density at radius 2 is 2.04 bits per heavy atom. The molecule has 1 heterocycles. The third kappa shape index (κ3) is 4.14. The van der Waals surface area contributed by atoms with Crippen LogP contribution in [0.1, 0.15) is 25.0 Å². The first-order chi connectivity index (χ1) is 12.9. The number of halogens is 1. The zero-order chi connectivity index (χ0) is 19.6. The van der Waals surface area contributed by atoms with Gasteiger partial charge in [0.1, 0.15) is 11.3 Å². The van der Waals surface area contributed by atoms with Gasteiger partial charge in [0.2, 0.25) is 0 Å². The molecule has 0 aliphatic rings. The Morgan fingerprint density at radius 3 is 2.78 bits per heavy atom. The summed E-state index contributed by atoms with van der Waals surface area (Å²) in [4.78, 5) is 24.1. The van der Waals surface area contributed by atoms with E-state index in [4.69, 9.17) is 20.8 Å². The van der Waals surface area contributed by atoms with Gasteiger partial charge in [0.15, 0.2) is 6.10 Å². The van der Waals surface area contributed by atoms with Gasteiger partial charge in [-0.1, -0.05) is 24.6 Å². The molecule has 1 unspecified atom stereocenters. The van der Waals surface area contributed by atoms with Crippen molar-refractivity contribution in [2.75, 3.05) is 5.32 Å². The first-order valence-electron chi connectivity index (χ1n) is 8.68. The molecular formula is C21H20ClNO4. The largest absolute Gasteiger partial charge is 0.481 e. The van der Waals surface area contributed by atoms with Crippen LogP contribution < -0.4 is 15.7 Å². The van der Waals surface area contributed by atoms with Crippen LogP contribution in [0.5, 0.6) is 5.75 Å². The SMILES string of the molecule is CCc1cc(=O)oc2cc(OC(C)C(=O)Nc3cccc(Cl)c3C)ccc12. The van der Waals surface area contributed by atoms with E-state index >= 15 is 0 Å². The zero-order valence-electron chi connectivity index (χ0n) is 15.3. The lowest BCUT2D eigenvalue weighted by atomic mass is 10.1. The molecule has 1 amide bonds. The summed E-state index contributed by atoms with van der Waals surface area (Å²) in [6.07, 6.45) is -0.0259. The van der Waals surface area contributed by atoms with E-state index in [2.05, 4.69) is 5.32 Å². The lowest BCUT2D eigenvalue weighted by molar-refractivity contribution is -0.122. The normalized spacial score (nSPS) is 12.0. The fourth-order valence-electron chi connectivity index (χ4n) is 2.81. The molecule has 1 atom stereocenters.